The molecular formula is C13H25NO. The first-order chi connectivity index (χ1) is 7.31. The van der Waals surface area contributed by atoms with E-state index in [1.165, 1.54) is 51.6 Å². The summed E-state index contributed by atoms with van der Waals surface area (Å²) in [5.41, 5.74) is 0. The van der Waals surface area contributed by atoms with E-state index in [9.17, 15) is 0 Å². The average molecular weight is 211 g/mol. The summed E-state index contributed by atoms with van der Waals surface area (Å²) in [7, 11) is 0. The van der Waals surface area contributed by atoms with Crippen LogP contribution in [0.1, 0.15) is 52.4 Å². The minimum absolute atomic E-state index is 0.453. The van der Waals surface area contributed by atoms with Crippen LogP contribution in [0.3, 0.4) is 0 Å². The van der Waals surface area contributed by atoms with Crippen LogP contribution in [0, 0.1) is 5.92 Å². The van der Waals surface area contributed by atoms with E-state index >= 15 is 0 Å². The predicted molar refractivity (Wildman–Crippen MR) is 62.8 cm³/mol. The summed E-state index contributed by atoms with van der Waals surface area (Å²) in [6.07, 6.45) is 8.96. The van der Waals surface area contributed by atoms with Gasteiger partial charge in [0.25, 0.3) is 0 Å². The zero-order valence-electron chi connectivity index (χ0n) is 10.2. The number of ether oxygens (including phenoxy) is 1. The van der Waals surface area contributed by atoms with Crippen LogP contribution < -0.4 is 0 Å². The number of unbranched alkanes of at least 4 members (excludes halogenated alkanes) is 1. The van der Waals surface area contributed by atoms with Crippen LogP contribution in [0.25, 0.3) is 0 Å². The fraction of sp³-hybridized carbons (Fsp3) is 1.00. The number of hydrogen-bond donors (Lipinski definition) is 0. The number of nitrogens with zero attached hydrogens (tertiary/aromatic N) is 1. The molecule has 0 aromatic carbocycles. The lowest BCUT2D eigenvalue weighted by atomic mass is 9.88. The van der Waals surface area contributed by atoms with E-state index in [1.807, 2.05) is 0 Å². The van der Waals surface area contributed by atoms with Crippen molar-refractivity contribution in [2.45, 2.75) is 64.7 Å². The number of likely N-dealkylation sites (tertiary alicyclic amines) is 1. The van der Waals surface area contributed by atoms with Gasteiger partial charge in [0.2, 0.25) is 0 Å². The van der Waals surface area contributed by atoms with Gasteiger partial charge in [-0.05, 0) is 44.9 Å². The van der Waals surface area contributed by atoms with E-state index in [2.05, 4.69) is 18.7 Å². The van der Waals surface area contributed by atoms with Crippen LogP contribution >= 0.6 is 0 Å². The molecular weight excluding hydrogens is 186 g/mol. The fourth-order valence-corrected chi connectivity index (χ4v) is 2.96. The third-order valence-electron chi connectivity index (χ3n) is 3.90. The Morgan fingerprint density at radius 1 is 1.27 bits per heavy atom. The molecule has 2 rings (SSSR count). The van der Waals surface area contributed by atoms with Crippen LogP contribution in [0.15, 0.2) is 0 Å². The Bertz CT molecular complexity index is 195. The normalized spacial score (nSPS) is 37.6. The lowest BCUT2D eigenvalue weighted by molar-refractivity contribution is -0.169. The molecule has 3 atom stereocenters. The van der Waals surface area contributed by atoms with E-state index in [-0.39, 0.29) is 0 Å². The van der Waals surface area contributed by atoms with Crippen molar-refractivity contribution in [2.24, 2.45) is 5.92 Å². The van der Waals surface area contributed by atoms with Crippen molar-refractivity contribution in [3.05, 3.63) is 0 Å². The first-order valence-electron chi connectivity index (χ1n) is 6.70. The number of piperidine rings is 1. The highest BCUT2D eigenvalue weighted by atomic mass is 16.5. The summed E-state index contributed by atoms with van der Waals surface area (Å²) in [6, 6.07) is 0. The molecule has 0 aliphatic carbocycles. The second-order valence-electron chi connectivity index (χ2n) is 5.21. The molecule has 0 spiro atoms. The van der Waals surface area contributed by atoms with Gasteiger partial charge in [-0.25, -0.2) is 0 Å². The van der Waals surface area contributed by atoms with Crippen molar-refractivity contribution >= 4 is 0 Å². The molecule has 2 heteroatoms. The quantitative estimate of drug-likeness (QED) is 0.711. The standard InChI is InChI=1S/C13H25NO/c1-3-4-9-14-10-5-6-12-8-7-11(2)15-13(12)14/h11-13H,3-10H2,1-2H3/t11-,12+,13-/m0/s1. The lowest BCUT2D eigenvalue weighted by Crippen LogP contribution is -2.50. The van der Waals surface area contributed by atoms with Gasteiger partial charge < -0.3 is 4.74 Å². The second-order valence-corrected chi connectivity index (χ2v) is 5.21. The van der Waals surface area contributed by atoms with E-state index in [0.29, 0.717) is 12.3 Å². The smallest absolute Gasteiger partial charge is 0.113 e. The third kappa shape index (κ3) is 2.73. The van der Waals surface area contributed by atoms with Gasteiger partial charge in [0.15, 0.2) is 0 Å². The number of rotatable bonds is 3. The van der Waals surface area contributed by atoms with E-state index in [1.54, 1.807) is 0 Å². The Kier molecular flexibility index (Phi) is 4.04. The highest BCUT2D eigenvalue weighted by Crippen LogP contribution is 2.34. The summed E-state index contributed by atoms with van der Waals surface area (Å²) in [4.78, 5) is 2.59. The van der Waals surface area contributed by atoms with Crippen molar-refractivity contribution < 1.29 is 4.74 Å². The molecule has 2 saturated heterocycles. The van der Waals surface area contributed by atoms with E-state index in [4.69, 9.17) is 4.74 Å². The second kappa shape index (κ2) is 5.31. The van der Waals surface area contributed by atoms with Crippen LogP contribution in [0.5, 0.6) is 0 Å². The SMILES string of the molecule is CCCCN1CCC[C@@H]2CC[C@H](C)O[C@@H]21. The minimum atomic E-state index is 0.453. The Morgan fingerprint density at radius 3 is 2.93 bits per heavy atom. The number of fused-ring (bicyclic) bond motifs is 1. The van der Waals surface area contributed by atoms with Crippen molar-refractivity contribution in [3.63, 3.8) is 0 Å². The molecule has 0 aromatic rings. The highest BCUT2D eigenvalue weighted by Gasteiger charge is 2.35. The van der Waals surface area contributed by atoms with Crippen LogP contribution in [0.2, 0.25) is 0 Å². The van der Waals surface area contributed by atoms with Crippen LogP contribution in [-0.4, -0.2) is 30.3 Å². The Balaban J connectivity index is 1.91. The maximum atomic E-state index is 6.13. The molecule has 88 valence electrons. The van der Waals surface area contributed by atoms with Gasteiger partial charge in [-0.3, -0.25) is 4.90 Å². The van der Waals surface area contributed by atoms with Gasteiger partial charge in [-0.2, -0.15) is 0 Å². The molecule has 0 aromatic heterocycles. The Labute approximate surface area is 94.0 Å². The zero-order chi connectivity index (χ0) is 10.7. The van der Waals surface area contributed by atoms with E-state index in [0.717, 1.165) is 5.92 Å². The molecule has 2 aliphatic rings. The van der Waals surface area contributed by atoms with Gasteiger partial charge >= 0.3 is 0 Å². The largest absolute Gasteiger partial charge is 0.360 e. The van der Waals surface area contributed by atoms with Gasteiger partial charge in [-0.15, -0.1) is 0 Å². The average Bonchev–Trinajstić information content (AvgIpc) is 2.26. The molecule has 0 unspecified atom stereocenters. The molecule has 0 bridgehead atoms. The highest BCUT2D eigenvalue weighted by molar-refractivity contribution is 4.82. The van der Waals surface area contributed by atoms with Gasteiger partial charge in [-0.1, -0.05) is 13.3 Å². The number of hydrogen-bond acceptors (Lipinski definition) is 2. The monoisotopic (exact) mass is 211 g/mol. The maximum Gasteiger partial charge on any atom is 0.113 e. The Hall–Kier alpha value is -0.0800. The molecule has 2 aliphatic heterocycles. The summed E-state index contributed by atoms with van der Waals surface area (Å²) >= 11 is 0. The maximum absolute atomic E-state index is 6.13. The van der Waals surface area contributed by atoms with Crippen molar-refractivity contribution in [1.29, 1.82) is 0 Å². The molecule has 15 heavy (non-hydrogen) atoms. The summed E-state index contributed by atoms with van der Waals surface area (Å²) in [5, 5.41) is 0. The first-order valence-corrected chi connectivity index (χ1v) is 6.70. The minimum Gasteiger partial charge on any atom is -0.360 e. The zero-order valence-corrected chi connectivity index (χ0v) is 10.2. The van der Waals surface area contributed by atoms with Gasteiger partial charge in [0.05, 0.1) is 6.10 Å². The molecule has 0 amide bonds. The third-order valence-corrected chi connectivity index (χ3v) is 3.90. The van der Waals surface area contributed by atoms with Crippen molar-refractivity contribution in [1.82, 2.24) is 4.90 Å². The summed E-state index contributed by atoms with van der Waals surface area (Å²) in [5.74, 6) is 0.826. The molecule has 2 nitrogen and oxygen atoms in total. The molecule has 2 heterocycles. The summed E-state index contributed by atoms with van der Waals surface area (Å²) < 4.78 is 6.13. The molecule has 0 saturated carbocycles. The van der Waals surface area contributed by atoms with Crippen LogP contribution in [-0.2, 0) is 4.74 Å². The molecule has 0 N–H and O–H groups in total. The van der Waals surface area contributed by atoms with Gasteiger partial charge in [0, 0.05) is 13.1 Å². The topological polar surface area (TPSA) is 12.5 Å². The van der Waals surface area contributed by atoms with Gasteiger partial charge in [0.1, 0.15) is 6.23 Å². The fourth-order valence-electron chi connectivity index (χ4n) is 2.96. The van der Waals surface area contributed by atoms with E-state index < -0.39 is 0 Å². The summed E-state index contributed by atoms with van der Waals surface area (Å²) in [6.45, 7) is 6.99. The van der Waals surface area contributed by atoms with Crippen molar-refractivity contribution in [2.75, 3.05) is 13.1 Å². The lowest BCUT2D eigenvalue weighted by Gasteiger charge is -2.45. The van der Waals surface area contributed by atoms with Crippen molar-refractivity contribution in [3.8, 4) is 0 Å². The van der Waals surface area contributed by atoms with Crippen LogP contribution in [0.4, 0.5) is 0 Å². The molecule has 2 fully saturated rings. The predicted octanol–water partition coefficient (Wildman–Crippen LogP) is 3.02. The molecule has 0 radical (unpaired) electrons. The first kappa shape index (κ1) is 11.4. The Morgan fingerprint density at radius 2 is 2.13 bits per heavy atom.